The Morgan fingerprint density at radius 1 is 1.00 bits per heavy atom. The Bertz CT molecular complexity index is 555. The van der Waals surface area contributed by atoms with Gasteiger partial charge in [-0.1, -0.05) is 0 Å². The van der Waals surface area contributed by atoms with Crippen LogP contribution >= 0.6 is 0 Å². The third kappa shape index (κ3) is 2.33. The number of benzene rings is 1. The Morgan fingerprint density at radius 3 is 1.88 bits per heavy atom. The number of halogens is 5. The Kier molecular flexibility index (Phi) is 3.60. The van der Waals surface area contributed by atoms with E-state index in [1.165, 1.54) is 0 Å². The van der Waals surface area contributed by atoms with Crippen molar-refractivity contribution < 1.29 is 35.1 Å². The first-order valence-corrected chi connectivity index (χ1v) is 5.85. The molecule has 0 aromatic heterocycles. The van der Waals surface area contributed by atoms with Crippen LogP contribution < -0.4 is 4.74 Å². The molecule has 96 valence electrons. The average molecular weight is 276 g/mol. The topological polar surface area (TPSA) is 43.4 Å². The van der Waals surface area contributed by atoms with Crippen molar-refractivity contribution in [3.63, 3.8) is 0 Å². The van der Waals surface area contributed by atoms with E-state index in [2.05, 4.69) is 4.74 Å². The van der Waals surface area contributed by atoms with Crippen molar-refractivity contribution >= 4 is 9.84 Å². The van der Waals surface area contributed by atoms with E-state index in [1.54, 1.807) is 0 Å². The zero-order chi connectivity index (χ0) is 13.4. The molecule has 0 saturated heterocycles. The van der Waals surface area contributed by atoms with Crippen LogP contribution in [-0.4, -0.2) is 21.5 Å². The Hall–Kier alpha value is -1.38. The van der Waals surface area contributed by atoms with E-state index in [1.807, 2.05) is 0 Å². The van der Waals surface area contributed by atoms with Crippen molar-refractivity contribution in [2.75, 3.05) is 13.1 Å². The summed E-state index contributed by atoms with van der Waals surface area (Å²) in [5.41, 5.74) is 0. The Morgan fingerprint density at radius 2 is 1.47 bits per heavy atom. The summed E-state index contributed by atoms with van der Waals surface area (Å²) in [4.78, 5) is -1.56. The maximum Gasteiger partial charge on any atom is 0.228 e. The normalized spacial score (nSPS) is 11.6. The first-order valence-electron chi connectivity index (χ1n) is 3.96. The fourth-order valence-corrected chi connectivity index (χ4v) is 2.01. The van der Waals surface area contributed by atoms with E-state index in [4.69, 9.17) is 0 Å². The number of rotatable bonds is 3. The van der Waals surface area contributed by atoms with E-state index in [9.17, 15) is 30.4 Å². The molecule has 0 heterocycles. The molecular weight excluding hydrogens is 271 g/mol. The fourth-order valence-electron chi connectivity index (χ4n) is 1.11. The molecule has 0 bridgehead atoms. The molecule has 0 aliphatic carbocycles. The Balaban J connectivity index is 3.79. The monoisotopic (exact) mass is 276 g/mol. The molecule has 0 aliphatic rings. The zero-order valence-corrected chi connectivity index (χ0v) is 9.05. The summed E-state index contributed by atoms with van der Waals surface area (Å²) < 4.78 is 89.6. The summed E-state index contributed by atoms with van der Waals surface area (Å²) >= 11 is 0. The predicted octanol–water partition coefficient (Wildman–Crippen LogP) is 1.95. The molecule has 1 aromatic carbocycles. The fraction of sp³-hybridized carbons (Fsp3) is 0.250. The first kappa shape index (κ1) is 13.7. The van der Waals surface area contributed by atoms with Crippen LogP contribution in [0.2, 0.25) is 0 Å². The lowest BCUT2D eigenvalue weighted by Gasteiger charge is -2.11. The highest BCUT2D eigenvalue weighted by Gasteiger charge is 2.31. The van der Waals surface area contributed by atoms with Gasteiger partial charge in [0.15, 0.2) is 32.1 Å². The van der Waals surface area contributed by atoms with Crippen molar-refractivity contribution in [3.8, 4) is 5.75 Å². The highest BCUT2D eigenvalue weighted by atomic mass is 32.2. The minimum Gasteiger partial charge on any atom is -0.458 e. The van der Waals surface area contributed by atoms with E-state index in [0.29, 0.717) is 6.26 Å². The van der Waals surface area contributed by atoms with Crippen LogP contribution in [0, 0.1) is 23.3 Å². The van der Waals surface area contributed by atoms with E-state index in [0.717, 1.165) is 0 Å². The standard InChI is InChI=1S/C8H5F5O3S/c1-17(14,15)8-6(13)4(11)3(10)5(12)7(8)16-2-9/h2H2,1H3. The van der Waals surface area contributed by atoms with Crippen molar-refractivity contribution in [2.45, 2.75) is 4.90 Å². The molecule has 0 N–H and O–H groups in total. The highest BCUT2D eigenvalue weighted by molar-refractivity contribution is 7.90. The number of sulfone groups is 1. The first-order chi connectivity index (χ1) is 7.71. The van der Waals surface area contributed by atoms with Crippen molar-refractivity contribution in [1.29, 1.82) is 0 Å². The SMILES string of the molecule is CS(=O)(=O)c1c(F)c(F)c(F)c(F)c1OCF. The van der Waals surface area contributed by atoms with Crippen LogP contribution in [0.5, 0.6) is 5.75 Å². The van der Waals surface area contributed by atoms with Gasteiger partial charge in [-0.2, -0.15) is 4.39 Å². The van der Waals surface area contributed by atoms with Crippen LogP contribution in [0.3, 0.4) is 0 Å². The molecule has 0 radical (unpaired) electrons. The summed E-state index contributed by atoms with van der Waals surface area (Å²) in [7, 11) is -4.46. The molecule has 1 aromatic rings. The molecule has 9 heteroatoms. The lowest BCUT2D eigenvalue weighted by atomic mass is 10.3. The van der Waals surface area contributed by atoms with E-state index < -0.39 is 50.6 Å². The summed E-state index contributed by atoms with van der Waals surface area (Å²) in [5, 5.41) is 0. The summed E-state index contributed by atoms with van der Waals surface area (Å²) in [6.45, 7) is -1.73. The van der Waals surface area contributed by atoms with Crippen molar-refractivity contribution in [1.82, 2.24) is 0 Å². The molecular formula is C8H5F5O3S. The molecule has 3 nitrogen and oxygen atoms in total. The summed E-state index contributed by atoms with van der Waals surface area (Å²) in [5.74, 6) is -10.4. The molecule has 0 unspecified atom stereocenters. The quantitative estimate of drug-likeness (QED) is 0.367. The highest BCUT2D eigenvalue weighted by Crippen LogP contribution is 2.33. The van der Waals surface area contributed by atoms with E-state index >= 15 is 0 Å². The summed E-state index contributed by atoms with van der Waals surface area (Å²) in [6.07, 6.45) is 0.410. The number of ether oxygens (including phenoxy) is 1. The second-order valence-electron chi connectivity index (χ2n) is 2.94. The minimum atomic E-state index is -4.46. The molecule has 0 spiro atoms. The smallest absolute Gasteiger partial charge is 0.228 e. The molecule has 1 rings (SSSR count). The van der Waals surface area contributed by atoms with Gasteiger partial charge in [-0.3, -0.25) is 0 Å². The minimum absolute atomic E-state index is 0.410. The van der Waals surface area contributed by atoms with Gasteiger partial charge in [0.25, 0.3) is 0 Å². The molecule has 0 amide bonds. The maximum atomic E-state index is 13.2. The maximum absolute atomic E-state index is 13.2. The molecule has 17 heavy (non-hydrogen) atoms. The van der Waals surface area contributed by atoms with Gasteiger partial charge in [0.1, 0.15) is 0 Å². The van der Waals surface area contributed by atoms with Crippen LogP contribution in [0.4, 0.5) is 22.0 Å². The average Bonchev–Trinajstić information content (AvgIpc) is 2.21. The van der Waals surface area contributed by atoms with Crippen molar-refractivity contribution in [3.05, 3.63) is 23.3 Å². The van der Waals surface area contributed by atoms with Crippen molar-refractivity contribution in [2.24, 2.45) is 0 Å². The van der Waals surface area contributed by atoms with Gasteiger partial charge in [-0.25, -0.2) is 26.0 Å². The van der Waals surface area contributed by atoms with Gasteiger partial charge in [0.2, 0.25) is 18.5 Å². The number of alkyl halides is 1. The molecule has 0 aliphatic heterocycles. The van der Waals surface area contributed by atoms with Crippen LogP contribution in [0.15, 0.2) is 4.90 Å². The Labute approximate surface area is 92.7 Å². The largest absolute Gasteiger partial charge is 0.458 e. The second-order valence-corrected chi connectivity index (χ2v) is 4.89. The van der Waals surface area contributed by atoms with Gasteiger partial charge >= 0.3 is 0 Å². The van der Waals surface area contributed by atoms with Gasteiger partial charge in [-0.15, -0.1) is 0 Å². The van der Waals surface area contributed by atoms with Gasteiger partial charge in [-0.05, 0) is 0 Å². The zero-order valence-electron chi connectivity index (χ0n) is 8.23. The van der Waals surface area contributed by atoms with Gasteiger partial charge < -0.3 is 4.74 Å². The van der Waals surface area contributed by atoms with Gasteiger partial charge in [0.05, 0.1) is 0 Å². The third-order valence-electron chi connectivity index (χ3n) is 1.75. The molecule has 0 saturated carbocycles. The molecule has 0 fully saturated rings. The lowest BCUT2D eigenvalue weighted by molar-refractivity contribution is 0.174. The lowest BCUT2D eigenvalue weighted by Crippen LogP contribution is -2.11. The molecule has 0 atom stereocenters. The summed E-state index contributed by atoms with van der Waals surface area (Å²) in [6, 6.07) is 0. The predicted molar refractivity (Wildman–Crippen MR) is 46.0 cm³/mol. The van der Waals surface area contributed by atoms with Crippen LogP contribution in [-0.2, 0) is 9.84 Å². The third-order valence-corrected chi connectivity index (χ3v) is 2.86. The second kappa shape index (κ2) is 4.47. The van der Waals surface area contributed by atoms with Gasteiger partial charge in [0, 0.05) is 6.26 Å². The van der Waals surface area contributed by atoms with Crippen LogP contribution in [0.1, 0.15) is 0 Å². The number of hydrogen-bond acceptors (Lipinski definition) is 3. The van der Waals surface area contributed by atoms with E-state index in [-0.39, 0.29) is 0 Å². The number of hydrogen-bond donors (Lipinski definition) is 0. The van der Waals surface area contributed by atoms with Crippen LogP contribution in [0.25, 0.3) is 0 Å².